The number of hydrogen-bond donors (Lipinski definition) is 1. The summed E-state index contributed by atoms with van der Waals surface area (Å²) in [6, 6.07) is 18.0. The van der Waals surface area contributed by atoms with Gasteiger partial charge in [0.25, 0.3) is 0 Å². The highest BCUT2D eigenvalue weighted by Crippen LogP contribution is 2.44. The van der Waals surface area contributed by atoms with Crippen LogP contribution < -0.4 is 15.0 Å². The highest BCUT2D eigenvalue weighted by atomic mass is 32.1. The monoisotopic (exact) mass is 364 g/mol. The Bertz CT molecular complexity index is 924. The lowest BCUT2D eigenvalue weighted by Crippen LogP contribution is -2.30. The molecule has 0 spiro atoms. The predicted molar refractivity (Wildman–Crippen MR) is 106 cm³/mol. The van der Waals surface area contributed by atoms with Crippen LogP contribution in [0.25, 0.3) is 0 Å². The molecule has 0 amide bonds. The minimum absolute atomic E-state index is 0.0336. The predicted octanol–water partition coefficient (Wildman–Crippen LogP) is 3.61. The van der Waals surface area contributed by atoms with Crippen molar-refractivity contribution in [1.29, 1.82) is 0 Å². The molecule has 1 aromatic carbocycles. The number of benzene rings is 1. The second-order valence-electron chi connectivity index (χ2n) is 6.21. The Morgan fingerprint density at radius 1 is 1.08 bits per heavy atom. The SMILES string of the molecule is COc1ccccc1N1C(=S)N[C@H](c2ccccn2)[C@H]1c1cccn1C. The van der Waals surface area contributed by atoms with Crippen LogP contribution in [0.5, 0.6) is 5.75 Å². The number of anilines is 1. The van der Waals surface area contributed by atoms with E-state index >= 15 is 0 Å². The second-order valence-corrected chi connectivity index (χ2v) is 6.60. The Morgan fingerprint density at radius 2 is 1.88 bits per heavy atom. The molecule has 0 saturated carbocycles. The number of ether oxygens (including phenoxy) is 1. The average molecular weight is 364 g/mol. The van der Waals surface area contributed by atoms with Crippen LogP contribution in [0.3, 0.4) is 0 Å². The molecule has 132 valence electrons. The number of hydrogen-bond acceptors (Lipinski definition) is 3. The summed E-state index contributed by atoms with van der Waals surface area (Å²) < 4.78 is 7.72. The number of thiocarbonyl (C=S) groups is 1. The van der Waals surface area contributed by atoms with Gasteiger partial charge < -0.3 is 19.5 Å². The topological polar surface area (TPSA) is 42.3 Å². The molecule has 1 N–H and O–H groups in total. The van der Waals surface area contributed by atoms with Gasteiger partial charge in [0, 0.05) is 25.1 Å². The van der Waals surface area contributed by atoms with E-state index in [9.17, 15) is 0 Å². The number of aryl methyl sites for hydroxylation is 1. The summed E-state index contributed by atoms with van der Waals surface area (Å²) in [4.78, 5) is 6.69. The molecule has 6 heteroatoms. The number of pyridine rings is 1. The average Bonchev–Trinajstić information content (AvgIpc) is 3.25. The normalized spacial score (nSPS) is 19.5. The summed E-state index contributed by atoms with van der Waals surface area (Å²) in [6.07, 6.45) is 3.86. The van der Waals surface area contributed by atoms with Crippen molar-refractivity contribution in [2.75, 3.05) is 12.0 Å². The Kier molecular flexibility index (Phi) is 4.34. The van der Waals surface area contributed by atoms with Gasteiger partial charge in [0.1, 0.15) is 11.8 Å². The van der Waals surface area contributed by atoms with E-state index in [1.807, 2.05) is 68.0 Å². The largest absolute Gasteiger partial charge is 0.495 e. The van der Waals surface area contributed by atoms with E-state index in [2.05, 4.69) is 25.8 Å². The lowest BCUT2D eigenvalue weighted by molar-refractivity contribution is 0.414. The molecule has 0 radical (unpaired) electrons. The maximum absolute atomic E-state index is 5.72. The van der Waals surface area contributed by atoms with Crippen molar-refractivity contribution < 1.29 is 4.74 Å². The van der Waals surface area contributed by atoms with Crippen LogP contribution in [0, 0.1) is 0 Å². The number of nitrogens with zero attached hydrogens (tertiary/aromatic N) is 3. The minimum Gasteiger partial charge on any atom is -0.495 e. The lowest BCUT2D eigenvalue weighted by Gasteiger charge is -2.29. The molecule has 5 nitrogen and oxygen atoms in total. The van der Waals surface area contributed by atoms with Crippen LogP contribution in [0.2, 0.25) is 0 Å². The molecule has 2 aromatic heterocycles. The number of nitrogens with one attached hydrogen (secondary N) is 1. The number of para-hydroxylation sites is 2. The van der Waals surface area contributed by atoms with Gasteiger partial charge in [0.2, 0.25) is 0 Å². The first-order chi connectivity index (χ1) is 12.7. The third-order valence-electron chi connectivity index (χ3n) is 4.73. The van der Waals surface area contributed by atoms with Gasteiger partial charge in [-0.05, 0) is 48.6 Å². The van der Waals surface area contributed by atoms with Crippen molar-refractivity contribution in [1.82, 2.24) is 14.9 Å². The van der Waals surface area contributed by atoms with Crippen LogP contribution in [0.4, 0.5) is 5.69 Å². The van der Waals surface area contributed by atoms with Crippen molar-refractivity contribution in [2.24, 2.45) is 7.05 Å². The zero-order chi connectivity index (χ0) is 18.1. The van der Waals surface area contributed by atoms with Gasteiger partial charge in [-0.1, -0.05) is 18.2 Å². The standard InChI is InChI=1S/C20H20N4OS/c1-23-13-7-10-16(23)19-18(14-8-5-6-12-21-14)22-20(26)24(19)15-9-3-4-11-17(15)25-2/h3-13,18-19H,1-2H3,(H,22,26)/t18-,19-/m1/s1. The highest BCUT2D eigenvalue weighted by Gasteiger charge is 2.42. The summed E-state index contributed by atoms with van der Waals surface area (Å²) in [7, 11) is 3.73. The van der Waals surface area contributed by atoms with Gasteiger partial charge in [-0.25, -0.2) is 0 Å². The van der Waals surface area contributed by atoms with Crippen LogP contribution in [-0.2, 0) is 7.05 Å². The quantitative estimate of drug-likeness (QED) is 0.717. The molecule has 0 unspecified atom stereocenters. The van der Waals surface area contributed by atoms with Crippen LogP contribution >= 0.6 is 12.2 Å². The fourth-order valence-corrected chi connectivity index (χ4v) is 3.86. The van der Waals surface area contributed by atoms with Gasteiger partial charge in [-0.15, -0.1) is 0 Å². The fraction of sp³-hybridized carbons (Fsp3) is 0.200. The molecule has 4 rings (SSSR count). The first kappa shape index (κ1) is 16.6. The summed E-state index contributed by atoms with van der Waals surface area (Å²) >= 11 is 5.72. The number of aromatic nitrogens is 2. The summed E-state index contributed by atoms with van der Waals surface area (Å²) in [5.74, 6) is 0.789. The van der Waals surface area contributed by atoms with Gasteiger partial charge in [0.15, 0.2) is 5.11 Å². The summed E-state index contributed by atoms with van der Waals surface area (Å²) in [6.45, 7) is 0. The zero-order valence-electron chi connectivity index (χ0n) is 14.7. The first-order valence-corrected chi connectivity index (χ1v) is 8.86. The van der Waals surface area contributed by atoms with Crippen molar-refractivity contribution in [3.05, 3.63) is 78.4 Å². The van der Waals surface area contributed by atoms with Crippen molar-refractivity contribution >= 4 is 23.0 Å². The molecule has 1 aliphatic heterocycles. The Hall–Kier alpha value is -2.86. The van der Waals surface area contributed by atoms with Crippen molar-refractivity contribution in [3.63, 3.8) is 0 Å². The third kappa shape index (κ3) is 2.72. The van der Waals surface area contributed by atoms with E-state index in [1.165, 1.54) is 0 Å². The number of methoxy groups -OCH3 is 1. The third-order valence-corrected chi connectivity index (χ3v) is 5.04. The maximum Gasteiger partial charge on any atom is 0.174 e. The second kappa shape index (κ2) is 6.80. The van der Waals surface area contributed by atoms with E-state index in [-0.39, 0.29) is 12.1 Å². The van der Waals surface area contributed by atoms with Crippen molar-refractivity contribution in [2.45, 2.75) is 12.1 Å². The fourth-order valence-electron chi connectivity index (χ4n) is 3.53. The van der Waals surface area contributed by atoms with E-state index in [0.717, 1.165) is 22.8 Å². The minimum atomic E-state index is -0.0535. The molecular formula is C20H20N4OS. The van der Waals surface area contributed by atoms with E-state index in [1.54, 1.807) is 7.11 Å². The summed E-state index contributed by atoms with van der Waals surface area (Å²) in [5.41, 5.74) is 3.05. The molecule has 2 atom stereocenters. The molecule has 3 heterocycles. The van der Waals surface area contributed by atoms with Crippen molar-refractivity contribution in [3.8, 4) is 5.75 Å². The van der Waals surface area contributed by atoms with E-state index < -0.39 is 0 Å². The smallest absolute Gasteiger partial charge is 0.174 e. The zero-order valence-corrected chi connectivity index (χ0v) is 15.5. The Balaban J connectivity index is 1.87. The molecule has 26 heavy (non-hydrogen) atoms. The van der Waals surface area contributed by atoms with E-state index in [0.29, 0.717) is 5.11 Å². The molecular weight excluding hydrogens is 344 g/mol. The maximum atomic E-state index is 5.72. The molecule has 0 aliphatic carbocycles. The molecule has 1 aliphatic rings. The Labute approximate surface area is 158 Å². The first-order valence-electron chi connectivity index (χ1n) is 8.45. The molecule has 1 saturated heterocycles. The number of rotatable bonds is 4. The summed E-state index contributed by atoms with van der Waals surface area (Å²) in [5, 5.41) is 4.12. The lowest BCUT2D eigenvalue weighted by atomic mass is 10.0. The van der Waals surface area contributed by atoms with Gasteiger partial charge in [0.05, 0.1) is 24.5 Å². The van der Waals surface area contributed by atoms with Gasteiger partial charge >= 0.3 is 0 Å². The molecule has 3 aromatic rings. The van der Waals surface area contributed by atoms with Crippen LogP contribution in [0.15, 0.2) is 67.0 Å². The van der Waals surface area contributed by atoms with Gasteiger partial charge in [-0.3, -0.25) is 4.98 Å². The van der Waals surface area contributed by atoms with E-state index in [4.69, 9.17) is 17.0 Å². The molecule has 1 fully saturated rings. The van der Waals surface area contributed by atoms with Crippen LogP contribution in [-0.4, -0.2) is 21.8 Å². The highest BCUT2D eigenvalue weighted by molar-refractivity contribution is 7.80. The Morgan fingerprint density at radius 3 is 2.58 bits per heavy atom. The van der Waals surface area contributed by atoms with Crippen LogP contribution in [0.1, 0.15) is 23.5 Å². The van der Waals surface area contributed by atoms with Gasteiger partial charge in [-0.2, -0.15) is 0 Å². The molecule has 0 bridgehead atoms.